The Labute approximate surface area is 200 Å². The molecule has 4 rings (SSSR count). The molecular formula is C21H25ClF3N3O5S. The van der Waals surface area contributed by atoms with Gasteiger partial charge in [-0.05, 0) is 44.5 Å². The Morgan fingerprint density at radius 2 is 1.76 bits per heavy atom. The first-order valence-electron chi connectivity index (χ1n) is 10.9. The third-order valence-electron chi connectivity index (χ3n) is 7.04. The predicted molar refractivity (Wildman–Crippen MR) is 118 cm³/mol. The lowest BCUT2D eigenvalue weighted by atomic mass is 10.0. The van der Waals surface area contributed by atoms with Crippen LogP contribution in [0.15, 0.2) is 23.1 Å². The molecule has 1 aliphatic carbocycles. The summed E-state index contributed by atoms with van der Waals surface area (Å²) in [5.41, 5.74) is -1.88. The van der Waals surface area contributed by atoms with Crippen molar-refractivity contribution in [2.45, 2.75) is 41.6 Å². The van der Waals surface area contributed by atoms with E-state index in [1.165, 1.54) is 12.1 Å². The van der Waals surface area contributed by atoms with Crippen LogP contribution in [0.2, 0.25) is 5.02 Å². The number of likely N-dealkylation sites (tertiary alicyclic amines) is 1. The van der Waals surface area contributed by atoms with Crippen LogP contribution in [0.5, 0.6) is 0 Å². The van der Waals surface area contributed by atoms with E-state index in [9.17, 15) is 36.3 Å². The van der Waals surface area contributed by atoms with Crippen LogP contribution in [0.25, 0.3) is 0 Å². The lowest BCUT2D eigenvalue weighted by Crippen LogP contribution is -2.48. The first-order chi connectivity index (χ1) is 15.8. The van der Waals surface area contributed by atoms with Gasteiger partial charge in [0.25, 0.3) is 0 Å². The van der Waals surface area contributed by atoms with Gasteiger partial charge in [0.05, 0.1) is 15.2 Å². The smallest absolute Gasteiger partial charge is 0.403 e. The van der Waals surface area contributed by atoms with Gasteiger partial charge < -0.3 is 19.8 Å². The van der Waals surface area contributed by atoms with Crippen LogP contribution in [0.4, 0.5) is 18.9 Å². The fourth-order valence-electron chi connectivity index (χ4n) is 4.66. The highest BCUT2D eigenvalue weighted by Crippen LogP contribution is 2.59. The number of carbonyl (C=O) groups is 2. The summed E-state index contributed by atoms with van der Waals surface area (Å²) in [5, 5.41) is 8.09. The molecule has 0 bridgehead atoms. The van der Waals surface area contributed by atoms with Crippen molar-refractivity contribution in [3.8, 4) is 0 Å². The number of amides is 1. The number of sulfone groups is 1. The van der Waals surface area contributed by atoms with Gasteiger partial charge in [-0.3, -0.25) is 4.79 Å². The summed E-state index contributed by atoms with van der Waals surface area (Å²) in [4.78, 5) is 29.0. The average Bonchev–Trinajstić information content (AvgIpc) is 3.45. The first kappa shape index (κ1) is 25.1. The Balaban J connectivity index is 1.58. The van der Waals surface area contributed by atoms with Crippen LogP contribution in [0.1, 0.15) is 19.3 Å². The van der Waals surface area contributed by atoms with E-state index in [1.807, 2.05) is 7.05 Å². The molecule has 2 aliphatic heterocycles. The van der Waals surface area contributed by atoms with Gasteiger partial charge in [0.15, 0.2) is 9.84 Å². The molecule has 1 unspecified atom stereocenters. The number of anilines is 1. The normalized spacial score (nSPS) is 25.4. The van der Waals surface area contributed by atoms with E-state index in [-0.39, 0.29) is 9.92 Å². The van der Waals surface area contributed by atoms with Crippen molar-refractivity contribution in [3.05, 3.63) is 23.2 Å². The molecule has 1 aromatic carbocycles. The monoisotopic (exact) mass is 523 g/mol. The summed E-state index contributed by atoms with van der Waals surface area (Å²) in [6, 6.07) is 2.81. The van der Waals surface area contributed by atoms with Gasteiger partial charge in [0.2, 0.25) is 5.91 Å². The fourth-order valence-corrected chi connectivity index (χ4v) is 6.90. The van der Waals surface area contributed by atoms with Crippen molar-refractivity contribution in [2.75, 3.05) is 44.7 Å². The molecule has 1 N–H and O–H groups in total. The molecule has 34 heavy (non-hydrogen) atoms. The first-order valence-corrected chi connectivity index (χ1v) is 12.8. The Kier molecular flexibility index (Phi) is 6.31. The van der Waals surface area contributed by atoms with E-state index in [1.54, 1.807) is 6.07 Å². The lowest BCUT2D eigenvalue weighted by molar-refractivity contribution is -0.199. The summed E-state index contributed by atoms with van der Waals surface area (Å²) in [5.74, 6) is -2.91. The number of carboxylic acid groups (broad SMARTS) is 1. The molecular weight excluding hydrogens is 499 g/mol. The Morgan fingerprint density at radius 3 is 2.26 bits per heavy atom. The molecule has 1 saturated carbocycles. The number of benzene rings is 1. The number of piperazine rings is 1. The highest BCUT2D eigenvalue weighted by Gasteiger charge is 2.70. The SMILES string of the molecule is CN1CCN(c2ccc(S(=O)(=O)[C@@H]3CC(C(=O)O)N(C(=O)C4(C(F)(F)F)CC4)C3)c(Cl)c2)CC1. The molecule has 1 amide bonds. The summed E-state index contributed by atoms with van der Waals surface area (Å²) < 4.78 is 67.0. The van der Waals surface area contributed by atoms with E-state index >= 15 is 0 Å². The topological polar surface area (TPSA) is 98.2 Å². The van der Waals surface area contributed by atoms with Crippen molar-refractivity contribution >= 4 is 39.0 Å². The highest BCUT2D eigenvalue weighted by molar-refractivity contribution is 7.92. The van der Waals surface area contributed by atoms with E-state index in [0.29, 0.717) is 4.90 Å². The second kappa shape index (κ2) is 8.56. The van der Waals surface area contributed by atoms with Gasteiger partial charge in [-0.1, -0.05) is 11.6 Å². The van der Waals surface area contributed by atoms with Crippen LogP contribution in [0.3, 0.4) is 0 Å². The second-order valence-electron chi connectivity index (χ2n) is 9.20. The Morgan fingerprint density at radius 1 is 1.15 bits per heavy atom. The summed E-state index contributed by atoms with van der Waals surface area (Å²) in [7, 11) is -2.22. The maximum absolute atomic E-state index is 13.5. The quantitative estimate of drug-likeness (QED) is 0.632. The van der Waals surface area contributed by atoms with Gasteiger partial charge in [0, 0.05) is 38.4 Å². The number of hydrogen-bond acceptors (Lipinski definition) is 6. The van der Waals surface area contributed by atoms with Crippen LogP contribution >= 0.6 is 11.6 Å². The minimum atomic E-state index is -4.83. The molecule has 3 fully saturated rings. The highest BCUT2D eigenvalue weighted by atomic mass is 35.5. The van der Waals surface area contributed by atoms with E-state index in [4.69, 9.17) is 11.6 Å². The molecule has 2 heterocycles. The molecule has 8 nitrogen and oxygen atoms in total. The fraction of sp³-hybridized carbons (Fsp3) is 0.619. The predicted octanol–water partition coefficient (Wildman–Crippen LogP) is 2.26. The van der Waals surface area contributed by atoms with E-state index in [0.717, 1.165) is 31.9 Å². The molecule has 13 heteroatoms. The number of hydrogen-bond donors (Lipinski definition) is 1. The zero-order valence-corrected chi connectivity index (χ0v) is 20.0. The van der Waals surface area contributed by atoms with Crippen molar-refractivity contribution in [1.82, 2.24) is 9.80 Å². The largest absolute Gasteiger partial charge is 0.480 e. The number of rotatable bonds is 5. The zero-order chi connectivity index (χ0) is 25.1. The minimum absolute atomic E-state index is 0.0537. The van der Waals surface area contributed by atoms with Crippen molar-refractivity contribution in [1.29, 1.82) is 0 Å². The minimum Gasteiger partial charge on any atom is -0.480 e. The third kappa shape index (κ3) is 4.24. The van der Waals surface area contributed by atoms with Crippen molar-refractivity contribution in [3.63, 3.8) is 0 Å². The molecule has 188 valence electrons. The number of halogens is 4. The standard InChI is InChI=1S/C21H25ClF3N3O5S/c1-26-6-8-27(9-7-26)13-2-3-17(15(22)10-13)34(32,33)14-11-16(18(29)30)28(12-14)19(31)20(4-5-20)21(23,24)25/h2-3,10,14,16H,4-9,11-12H2,1H3,(H,29,30)/t14-,16?/m1/s1. The number of nitrogens with zero attached hydrogens (tertiary/aromatic N) is 3. The number of alkyl halides is 3. The van der Waals surface area contributed by atoms with Gasteiger partial charge in [-0.15, -0.1) is 0 Å². The molecule has 3 aliphatic rings. The van der Waals surface area contributed by atoms with Crippen LogP contribution in [0, 0.1) is 5.41 Å². The molecule has 0 aromatic heterocycles. The van der Waals surface area contributed by atoms with E-state index < -0.39 is 70.4 Å². The van der Waals surface area contributed by atoms with Gasteiger partial charge in [-0.2, -0.15) is 13.2 Å². The number of aliphatic carboxylic acids is 1. The Bertz CT molecular complexity index is 1100. The van der Waals surface area contributed by atoms with Crippen LogP contribution in [-0.4, -0.2) is 92.4 Å². The molecule has 0 radical (unpaired) electrons. The van der Waals surface area contributed by atoms with E-state index in [2.05, 4.69) is 9.80 Å². The molecule has 2 atom stereocenters. The number of carbonyl (C=O) groups excluding carboxylic acids is 1. The zero-order valence-electron chi connectivity index (χ0n) is 18.4. The number of carboxylic acids is 1. The Hall–Kier alpha value is -2.05. The third-order valence-corrected chi connectivity index (χ3v) is 9.65. The molecule has 0 spiro atoms. The van der Waals surface area contributed by atoms with Crippen molar-refractivity contribution in [2.24, 2.45) is 5.41 Å². The molecule has 2 saturated heterocycles. The maximum Gasteiger partial charge on any atom is 0.403 e. The number of likely N-dealkylation sites (N-methyl/N-ethyl adjacent to an activating group) is 1. The van der Waals surface area contributed by atoms with Gasteiger partial charge in [-0.25, -0.2) is 13.2 Å². The van der Waals surface area contributed by atoms with Crippen LogP contribution in [-0.2, 0) is 19.4 Å². The van der Waals surface area contributed by atoms with Crippen LogP contribution < -0.4 is 4.90 Å². The lowest BCUT2D eigenvalue weighted by Gasteiger charge is -2.34. The summed E-state index contributed by atoms with van der Waals surface area (Å²) in [6.45, 7) is 2.51. The molecule has 1 aromatic rings. The summed E-state index contributed by atoms with van der Waals surface area (Å²) >= 11 is 6.32. The average molecular weight is 524 g/mol. The van der Waals surface area contributed by atoms with Gasteiger partial charge in [0.1, 0.15) is 11.5 Å². The maximum atomic E-state index is 13.5. The second-order valence-corrected chi connectivity index (χ2v) is 11.8. The van der Waals surface area contributed by atoms with Gasteiger partial charge >= 0.3 is 12.1 Å². The summed E-state index contributed by atoms with van der Waals surface area (Å²) in [6.07, 6.45) is -6.20. The van der Waals surface area contributed by atoms with Crippen molar-refractivity contribution < 1.29 is 36.3 Å².